The molecule has 0 saturated carbocycles. The molecule has 0 fully saturated rings. The molecule has 5 heteroatoms. The molecule has 2 N–H and O–H groups in total. The molecular weight excluding hydrogens is 222 g/mol. The van der Waals surface area contributed by atoms with Crippen LogP contribution in [0, 0.1) is 0 Å². The summed E-state index contributed by atoms with van der Waals surface area (Å²) in [4.78, 5) is 23.4. The number of hydroxylamine groups is 2. The second-order valence-electron chi connectivity index (χ2n) is 3.79. The quantitative estimate of drug-likeness (QED) is 0.530. The summed E-state index contributed by atoms with van der Waals surface area (Å²) in [7, 11) is 0. The molecular formula is C12H7NO4. The standard InChI is InChI=1S/C12H7NO4/c14-8-5-4-6-2-1-3-7-9(6)10(8)12(16)13(17)11(7)15/h1-5,14,17H. The van der Waals surface area contributed by atoms with Gasteiger partial charge in [-0.2, -0.15) is 0 Å². The first kappa shape index (κ1) is 9.80. The average molecular weight is 229 g/mol. The third-order valence-electron chi connectivity index (χ3n) is 2.85. The molecule has 17 heavy (non-hydrogen) atoms. The van der Waals surface area contributed by atoms with Crippen molar-refractivity contribution in [1.29, 1.82) is 0 Å². The number of rotatable bonds is 0. The van der Waals surface area contributed by atoms with Gasteiger partial charge in [-0.05, 0) is 17.5 Å². The van der Waals surface area contributed by atoms with Gasteiger partial charge in [-0.1, -0.05) is 18.2 Å². The molecule has 0 aliphatic carbocycles. The first-order chi connectivity index (χ1) is 8.11. The van der Waals surface area contributed by atoms with Crippen LogP contribution in [0.1, 0.15) is 20.7 Å². The van der Waals surface area contributed by atoms with E-state index in [-0.39, 0.29) is 21.9 Å². The zero-order valence-corrected chi connectivity index (χ0v) is 8.54. The van der Waals surface area contributed by atoms with Gasteiger partial charge in [-0.3, -0.25) is 14.8 Å². The van der Waals surface area contributed by atoms with Crippen LogP contribution >= 0.6 is 0 Å². The van der Waals surface area contributed by atoms with Crippen molar-refractivity contribution >= 4 is 22.6 Å². The molecule has 0 unspecified atom stereocenters. The summed E-state index contributed by atoms with van der Waals surface area (Å²) in [6.45, 7) is 0. The van der Waals surface area contributed by atoms with Crippen LogP contribution in [0.15, 0.2) is 30.3 Å². The average Bonchev–Trinajstić information content (AvgIpc) is 2.34. The van der Waals surface area contributed by atoms with E-state index in [0.717, 1.165) is 0 Å². The maximum absolute atomic E-state index is 11.7. The van der Waals surface area contributed by atoms with Crippen molar-refractivity contribution in [2.24, 2.45) is 0 Å². The number of hydrogen-bond donors (Lipinski definition) is 2. The molecule has 0 aromatic heterocycles. The van der Waals surface area contributed by atoms with Crippen LogP contribution < -0.4 is 0 Å². The summed E-state index contributed by atoms with van der Waals surface area (Å²) in [6.07, 6.45) is 0. The van der Waals surface area contributed by atoms with Crippen LogP contribution in [0.2, 0.25) is 0 Å². The monoisotopic (exact) mass is 229 g/mol. The fourth-order valence-corrected chi connectivity index (χ4v) is 2.08. The van der Waals surface area contributed by atoms with E-state index in [1.54, 1.807) is 18.2 Å². The minimum atomic E-state index is -0.906. The first-order valence-electron chi connectivity index (χ1n) is 4.93. The van der Waals surface area contributed by atoms with E-state index >= 15 is 0 Å². The third-order valence-corrected chi connectivity index (χ3v) is 2.85. The van der Waals surface area contributed by atoms with Crippen LogP contribution in [0.5, 0.6) is 5.75 Å². The molecule has 0 atom stereocenters. The lowest BCUT2D eigenvalue weighted by Gasteiger charge is -2.22. The van der Waals surface area contributed by atoms with E-state index in [0.29, 0.717) is 10.8 Å². The maximum atomic E-state index is 11.7. The first-order valence-corrected chi connectivity index (χ1v) is 4.93. The molecule has 0 saturated heterocycles. The Morgan fingerprint density at radius 1 is 1.00 bits per heavy atom. The number of carbonyl (C=O) groups is 2. The van der Waals surface area contributed by atoms with Crippen molar-refractivity contribution < 1.29 is 19.9 Å². The van der Waals surface area contributed by atoms with Gasteiger partial charge < -0.3 is 5.11 Å². The number of aromatic hydroxyl groups is 1. The van der Waals surface area contributed by atoms with E-state index in [9.17, 15) is 19.9 Å². The Morgan fingerprint density at radius 2 is 1.76 bits per heavy atom. The molecule has 2 amide bonds. The van der Waals surface area contributed by atoms with Crippen molar-refractivity contribution in [2.75, 3.05) is 0 Å². The SMILES string of the molecule is O=C1c2cccc3ccc(O)c(c23)C(=O)N1O. The van der Waals surface area contributed by atoms with Gasteiger partial charge in [-0.15, -0.1) is 5.06 Å². The highest BCUT2D eigenvalue weighted by atomic mass is 16.5. The normalized spacial score (nSPS) is 14.5. The van der Waals surface area contributed by atoms with Gasteiger partial charge in [0.25, 0.3) is 11.8 Å². The van der Waals surface area contributed by atoms with Crippen LogP contribution in [0.3, 0.4) is 0 Å². The number of nitrogens with zero attached hydrogens (tertiary/aromatic N) is 1. The summed E-state index contributed by atoms with van der Waals surface area (Å²) in [5.41, 5.74) is 0.163. The lowest BCUT2D eigenvalue weighted by Crippen LogP contribution is -2.37. The molecule has 1 heterocycles. The Morgan fingerprint density at radius 3 is 2.53 bits per heavy atom. The second kappa shape index (κ2) is 3.05. The molecule has 2 aromatic rings. The van der Waals surface area contributed by atoms with Gasteiger partial charge in [0.1, 0.15) is 5.75 Å². The minimum absolute atomic E-state index is 0.0246. The summed E-state index contributed by atoms with van der Waals surface area (Å²) < 4.78 is 0. The Hall–Kier alpha value is -2.40. The number of phenolic OH excluding ortho intramolecular Hbond substituents is 1. The minimum Gasteiger partial charge on any atom is -0.507 e. The predicted molar refractivity (Wildman–Crippen MR) is 57.9 cm³/mol. The Balaban J connectivity index is 2.56. The van der Waals surface area contributed by atoms with E-state index in [1.165, 1.54) is 12.1 Å². The van der Waals surface area contributed by atoms with Crippen molar-refractivity contribution in [1.82, 2.24) is 5.06 Å². The molecule has 0 spiro atoms. The van der Waals surface area contributed by atoms with Gasteiger partial charge in [0.15, 0.2) is 0 Å². The van der Waals surface area contributed by atoms with Crippen molar-refractivity contribution in [3.63, 3.8) is 0 Å². The van der Waals surface area contributed by atoms with E-state index in [4.69, 9.17) is 0 Å². The molecule has 1 aliphatic rings. The zero-order chi connectivity index (χ0) is 12.2. The van der Waals surface area contributed by atoms with E-state index in [1.807, 2.05) is 0 Å². The van der Waals surface area contributed by atoms with Crippen molar-refractivity contribution in [3.8, 4) is 5.75 Å². The van der Waals surface area contributed by atoms with Crippen LogP contribution in [-0.2, 0) is 0 Å². The summed E-state index contributed by atoms with van der Waals surface area (Å²) >= 11 is 0. The van der Waals surface area contributed by atoms with Crippen molar-refractivity contribution in [3.05, 3.63) is 41.5 Å². The highest BCUT2D eigenvalue weighted by Crippen LogP contribution is 2.34. The van der Waals surface area contributed by atoms with E-state index in [2.05, 4.69) is 0 Å². The highest BCUT2D eigenvalue weighted by Gasteiger charge is 2.33. The molecule has 1 aliphatic heterocycles. The molecule has 2 aromatic carbocycles. The van der Waals surface area contributed by atoms with Gasteiger partial charge in [0.05, 0.1) is 11.1 Å². The Labute approximate surface area is 95.5 Å². The highest BCUT2D eigenvalue weighted by molar-refractivity contribution is 6.25. The Bertz CT molecular complexity index is 678. The van der Waals surface area contributed by atoms with Crippen LogP contribution in [0.4, 0.5) is 0 Å². The summed E-state index contributed by atoms with van der Waals surface area (Å²) in [6, 6.07) is 7.87. The van der Waals surface area contributed by atoms with Crippen LogP contribution in [0.25, 0.3) is 10.8 Å². The summed E-state index contributed by atoms with van der Waals surface area (Å²) in [5.74, 6) is -1.93. The third kappa shape index (κ3) is 1.11. The topological polar surface area (TPSA) is 77.8 Å². The predicted octanol–water partition coefficient (Wildman–Crippen LogP) is 1.53. The summed E-state index contributed by atoms with van der Waals surface area (Å²) in [5, 5.41) is 20.1. The molecule has 5 nitrogen and oxygen atoms in total. The van der Waals surface area contributed by atoms with Crippen molar-refractivity contribution in [2.45, 2.75) is 0 Å². The van der Waals surface area contributed by atoms with Gasteiger partial charge in [0, 0.05) is 5.39 Å². The largest absolute Gasteiger partial charge is 0.507 e. The van der Waals surface area contributed by atoms with Gasteiger partial charge in [-0.25, -0.2) is 0 Å². The Kier molecular flexibility index (Phi) is 1.76. The zero-order valence-electron chi connectivity index (χ0n) is 8.54. The fraction of sp³-hybridized carbons (Fsp3) is 0. The maximum Gasteiger partial charge on any atom is 0.289 e. The number of hydrogen-bond acceptors (Lipinski definition) is 4. The lowest BCUT2D eigenvalue weighted by atomic mass is 9.94. The van der Waals surface area contributed by atoms with Gasteiger partial charge in [0.2, 0.25) is 0 Å². The number of benzene rings is 2. The molecule has 3 rings (SSSR count). The van der Waals surface area contributed by atoms with E-state index < -0.39 is 11.8 Å². The second-order valence-corrected chi connectivity index (χ2v) is 3.79. The number of phenols is 1. The number of carbonyl (C=O) groups excluding carboxylic acids is 2. The molecule has 84 valence electrons. The number of amides is 2. The van der Waals surface area contributed by atoms with Gasteiger partial charge >= 0.3 is 0 Å². The smallest absolute Gasteiger partial charge is 0.289 e. The molecule has 0 radical (unpaired) electrons. The van der Waals surface area contributed by atoms with Crippen LogP contribution in [-0.4, -0.2) is 27.2 Å². The molecule has 0 bridgehead atoms. The number of imide groups is 1. The fourth-order valence-electron chi connectivity index (χ4n) is 2.08. The lowest BCUT2D eigenvalue weighted by molar-refractivity contribution is -0.0379.